The van der Waals surface area contributed by atoms with Crippen LogP contribution in [0.25, 0.3) is 0 Å². The second-order valence-corrected chi connectivity index (χ2v) is 3.67. The van der Waals surface area contributed by atoms with Gasteiger partial charge in [-0.25, -0.2) is 0 Å². The van der Waals surface area contributed by atoms with Crippen LogP contribution in [0.2, 0.25) is 0 Å². The molecule has 0 spiro atoms. The molecule has 0 aromatic carbocycles. The van der Waals surface area contributed by atoms with Gasteiger partial charge in [0.15, 0.2) is 0 Å². The molecule has 0 aromatic heterocycles. The van der Waals surface area contributed by atoms with E-state index in [1.165, 1.54) is 5.57 Å². The standard InChI is InChI=1S/C10H14BrO/c1-9-3-5-10(6-4-9)12-8-2-7-11/h3,5-6H,2,4,7-8H2,1H3. The first kappa shape index (κ1) is 9.85. The fourth-order valence-electron chi connectivity index (χ4n) is 0.974. The van der Waals surface area contributed by atoms with Crippen LogP contribution in [0.4, 0.5) is 0 Å². The van der Waals surface area contributed by atoms with Crippen LogP contribution in [0.5, 0.6) is 0 Å². The van der Waals surface area contributed by atoms with Gasteiger partial charge in [0, 0.05) is 11.8 Å². The molecule has 1 nitrogen and oxygen atoms in total. The predicted molar refractivity (Wildman–Crippen MR) is 55.1 cm³/mol. The van der Waals surface area contributed by atoms with E-state index in [4.69, 9.17) is 4.74 Å². The summed E-state index contributed by atoms with van der Waals surface area (Å²) in [5.41, 5.74) is 1.39. The zero-order chi connectivity index (χ0) is 8.81. The highest BCUT2D eigenvalue weighted by Gasteiger charge is 2.03. The molecular weight excluding hydrogens is 216 g/mol. The van der Waals surface area contributed by atoms with E-state index in [9.17, 15) is 0 Å². The van der Waals surface area contributed by atoms with Crippen LogP contribution >= 0.6 is 15.9 Å². The molecule has 0 amide bonds. The van der Waals surface area contributed by atoms with Gasteiger partial charge in [-0.2, -0.15) is 0 Å². The van der Waals surface area contributed by atoms with Crippen LogP contribution in [0.3, 0.4) is 0 Å². The first-order valence-electron chi connectivity index (χ1n) is 4.22. The third-order valence-corrected chi connectivity index (χ3v) is 2.26. The SMILES string of the molecule is CC1=CC=C(OCCCBr)[CH]C1. The van der Waals surface area contributed by atoms with Crippen molar-refractivity contribution >= 4 is 15.9 Å². The van der Waals surface area contributed by atoms with E-state index in [1.54, 1.807) is 0 Å². The summed E-state index contributed by atoms with van der Waals surface area (Å²) in [6.07, 6.45) is 8.37. The summed E-state index contributed by atoms with van der Waals surface area (Å²) < 4.78 is 5.50. The van der Waals surface area contributed by atoms with Crippen molar-refractivity contribution in [3.05, 3.63) is 29.9 Å². The molecule has 0 unspecified atom stereocenters. The minimum Gasteiger partial charge on any atom is -0.498 e. The summed E-state index contributed by atoms with van der Waals surface area (Å²) in [6, 6.07) is 0. The molecule has 0 aliphatic heterocycles. The van der Waals surface area contributed by atoms with Crippen LogP contribution in [0, 0.1) is 6.42 Å². The highest BCUT2D eigenvalue weighted by Crippen LogP contribution is 2.17. The lowest BCUT2D eigenvalue weighted by Gasteiger charge is -2.12. The average Bonchev–Trinajstić information content (AvgIpc) is 2.09. The Morgan fingerprint density at radius 3 is 2.92 bits per heavy atom. The van der Waals surface area contributed by atoms with Crippen molar-refractivity contribution in [2.75, 3.05) is 11.9 Å². The number of hydrogen-bond donors (Lipinski definition) is 0. The Morgan fingerprint density at radius 1 is 1.50 bits per heavy atom. The molecule has 1 radical (unpaired) electrons. The second-order valence-electron chi connectivity index (χ2n) is 2.88. The lowest BCUT2D eigenvalue weighted by atomic mass is 10.1. The fraction of sp³-hybridized carbons (Fsp3) is 0.500. The van der Waals surface area contributed by atoms with Crippen molar-refractivity contribution in [2.45, 2.75) is 19.8 Å². The number of rotatable bonds is 4. The number of hydrogen-bond acceptors (Lipinski definition) is 1. The Bertz CT molecular complexity index is 194. The molecule has 67 valence electrons. The molecule has 2 heteroatoms. The van der Waals surface area contributed by atoms with Gasteiger partial charge in [-0.1, -0.05) is 27.6 Å². The molecule has 0 saturated carbocycles. The van der Waals surface area contributed by atoms with Crippen molar-refractivity contribution in [3.63, 3.8) is 0 Å². The molecule has 1 aliphatic rings. The molecule has 1 aliphatic carbocycles. The number of alkyl halides is 1. The van der Waals surface area contributed by atoms with Crippen LogP contribution in [0.1, 0.15) is 19.8 Å². The average molecular weight is 230 g/mol. The van der Waals surface area contributed by atoms with Crippen molar-refractivity contribution < 1.29 is 4.74 Å². The van der Waals surface area contributed by atoms with Gasteiger partial charge in [-0.05, 0) is 25.8 Å². The fourth-order valence-corrected chi connectivity index (χ4v) is 1.20. The topological polar surface area (TPSA) is 9.23 Å². The third kappa shape index (κ3) is 3.44. The molecular formula is C10H14BrO. The Hall–Kier alpha value is -0.240. The van der Waals surface area contributed by atoms with Crippen LogP contribution in [-0.2, 0) is 4.74 Å². The Kier molecular flexibility index (Phi) is 4.44. The van der Waals surface area contributed by atoms with E-state index in [1.807, 2.05) is 6.08 Å². The zero-order valence-corrected chi connectivity index (χ0v) is 8.93. The summed E-state index contributed by atoms with van der Waals surface area (Å²) in [6.45, 7) is 2.93. The van der Waals surface area contributed by atoms with Crippen molar-refractivity contribution in [1.82, 2.24) is 0 Å². The molecule has 1 rings (SSSR count). The van der Waals surface area contributed by atoms with Crippen LogP contribution in [0.15, 0.2) is 23.5 Å². The smallest absolute Gasteiger partial charge is 0.100 e. The number of allylic oxidation sites excluding steroid dienone is 4. The van der Waals surface area contributed by atoms with E-state index in [0.29, 0.717) is 0 Å². The van der Waals surface area contributed by atoms with Gasteiger partial charge in [0.1, 0.15) is 5.76 Å². The normalized spacial score (nSPS) is 16.8. The van der Waals surface area contributed by atoms with Gasteiger partial charge in [0.2, 0.25) is 0 Å². The van der Waals surface area contributed by atoms with Gasteiger partial charge in [0.05, 0.1) is 6.61 Å². The lowest BCUT2D eigenvalue weighted by molar-refractivity contribution is 0.218. The largest absolute Gasteiger partial charge is 0.498 e. The lowest BCUT2D eigenvalue weighted by Crippen LogP contribution is -1.99. The first-order chi connectivity index (χ1) is 5.83. The Morgan fingerprint density at radius 2 is 2.33 bits per heavy atom. The highest BCUT2D eigenvalue weighted by atomic mass is 79.9. The Labute approximate surface area is 82.6 Å². The maximum atomic E-state index is 5.50. The zero-order valence-electron chi connectivity index (χ0n) is 7.35. The maximum absolute atomic E-state index is 5.50. The van der Waals surface area contributed by atoms with Gasteiger partial charge in [-0.15, -0.1) is 0 Å². The molecule has 0 heterocycles. The number of halogens is 1. The highest BCUT2D eigenvalue weighted by molar-refractivity contribution is 9.09. The van der Waals surface area contributed by atoms with Crippen LogP contribution in [-0.4, -0.2) is 11.9 Å². The molecule has 0 aromatic rings. The molecule has 0 saturated heterocycles. The molecule has 0 N–H and O–H groups in total. The van der Waals surface area contributed by atoms with Crippen molar-refractivity contribution in [1.29, 1.82) is 0 Å². The Balaban J connectivity index is 2.24. The monoisotopic (exact) mass is 229 g/mol. The molecule has 12 heavy (non-hydrogen) atoms. The van der Waals surface area contributed by atoms with Crippen LogP contribution < -0.4 is 0 Å². The maximum Gasteiger partial charge on any atom is 0.100 e. The minimum absolute atomic E-state index is 0.806. The van der Waals surface area contributed by atoms with E-state index >= 15 is 0 Å². The van der Waals surface area contributed by atoms with E-state index < -0.39 is 0 Å². The first-order valence-corrected chi connectivity index (χ1v) is 5.34. The summed E-state index contributed by atoms with van der Waals surface area (Å²) in [5.74, 6) is 1.02. The quantitative estimate of drug-likeness (QED) is 0.532. The third-order valence-electron chi connectivity index (χ3n) is 1.70. The van der Waals surface area contributed by atoms with Crippen molar-refractivity contribution in [3.8, 4) is 0 Å². The van der Waals surface area contributed by atoms with Gasteiger partial charge < -0.3 is 4.74 Å². The van der Waals surface area contributed by atoms with E-state index in [2.05, 4.69) is 35.4 Å². The molecule has 0 atom stereocenters. The number of ether oxygens (including phenoxy) is 1. The summed E-state index contributed by atoms with van der Waals surface area (Å²) >= 11 is 3.36. The predicted octanol–water partition coefficient (Wildman–Crippen LogP) is 3.23. The summed E-state index contributed by atoms with van der Waals surface area (Å²) in [7, 11) is 0. The van der Waals surface area contributed by atoms with E-state index in [0.717, 1.165) is 30.5 Å². The van der Waals surface area contributed by atoms with Gasteiger partial charge >= 0.3 is 0 Å². The molecule has 0 bridgehead atoms. The minimum atomic E-state index is 0.806. The van der Waals surface area contributed by atoms with Gasteiger partial charge in [-0.3, -0.25) is 0 Å². The van der Waals surface area contributed by atoms with Crippen molar-refractivity contribution in [2.24, 2.45) is 0 Å². The molecule has 0 fully saturated rings. The van der Waals surface area contributed by atoms with E-state index in [-0.39, 0.29) is 0 Å². The second kappa shape index (κ2) is 5.41. The van der Waals surface area contributed by atoms with Gasteiger partial charge in [0.25, 0.3) is 0 Å². The summed E-state index contributed by atoms with van der Waals surface area (Å²) in [4.78, 5) is 0. The summed E-state index contributed by atoms with van der Waals surface area (Å²) in [5, 5.41) is 1.01.